The summed E-state index contributed by atoms with van der Waals surface area (Å²) in [5, 5.41) is 15.3. The van der Waals surface area contributed by atoms with Crippen LogP contribution in [0.15, 0.2) is 48.9 Å². The van der Waals surface area contributed by atoms with Crippen LogP contribution in [0.5, 0.6) is 0 Å². The Hall–Kier alpha value is -3.89. The lowest BCUT2D eigenvalue weighted by Gasteiger charge is -2.36. The number of aliphatic carboxylic acids is 1. The summed E-state index contributed by atoms with van der Waals surface area (Å²) in [7, 11) is 0. The van der Waals surface area contributed by atoms with E-state index in [4.69, 9.17) is 5.11 Å². The number of carboxylic acid groups (broad SMARTS) is 1. The van der Waals surface area contributed by atoms with Gasteiger partial charge in [-0.2, -0.15) is 18.3 Å². The Morgan fingerprint density at radius 1 is 1.13 bits per heavy atom. The minimum absolute atomic E-state index is 0.00917. The summed E-state index contributed by atoms with van der Waals surface area (Å²) in [5.41, 5.74) is 2.10. The fraction of sp³-hybridized carbons (Fsp3) is 0.429. The molecule has 208 valence electrons. The highest BCUT2D eigenvalue weighted by Gasteiger charge is 2.32. The average molecular weight is 544 g/mol. The van der Waals surface area contributed by atoms with Crippen LogP contribution in [0.3, 0.4) is 0 Å². The predicted octanol–water partition coefficient (Wildman–Crippen LogP) is 5.53. The van der Waals surface area contributed by atoms with Crippen LogP contribution in [-0.2, 0) is 17.5 Å². The number of pyridine rings is 1. The molecule has 0 aliphatic heterocycles. The molecular weight excluding hydrogens is 511 g/mol. The number of alkyl halides is 3. The number of halogens is 3. The van der Waals surface area contributed by atoms with Crippen LogP contribution in [0.4, 0.5) is 19.0 Å². The van der Waals surface area contributed by atoms with Gasteiger partial charge in [0.1, 0.15) is 5.82 Å². The second-order valence-electron chi connectivity index (χ2n) is 9.86. The van der Waals surface area contributed by atoms with Crippen molar-refractivity contribution in [1.82, 2.24) is 20.1 Å². The van der Waals surface area contributed by atoms with E-state index in [2.05, 4.69) is 20.3 Å². The third kappa shape index (κ3) is 7.36. The SMILES string of the molecule is Cc1cc(-n2cc(C(F)(F)F)cn2)ccc1CN(c1ccc(C(=O)NCCCC(=O)O)cn1)C1CCCCC1. The molecule has 0 saturated heterocycles. The van der Waals surface area contributed by atoms with Gasteiger partial charge >= 0.3 is 12.1 Å². The van der Waals surface area contributed by atoms with Gasteiger partial charge in [0.25, 0.3) is 5.91 Å². The fourth-order valence-corrected chi connectivity index (χ4v) is 4.82. The molecule has 0 unspecified atom stereocenters. The Bertz CT molecular complexity index is 1280. The van der Waals surface area contributed by atoms with Gasteiger partial charge in [-0.3, -0.25) is 9.59 Å². The smallest absolute Gasteiger partial charge is 0.419 e. The summed E-state index contributed by atoms with van der Waals surface area (Å²) in [6.45, 7) is 2.76. The molecule has 8 nitrogen and oxygen atoms in total. The number of hydrogen-bond donors (Lipinski definition) is 2. The van der Waals surface area contributed by atoms with Gasteiger partial charge in [0.15, 0.2) is 0 Å². The first kappa shape index (κ1) is 28.1. The summed E-state index contributed by atoms with van der Waals surface area (Å²) >= 11 is 0. The number of hydrogen-bond acceptors (Lipinski definition) is 5. The number of nitrogens with zero attached hydrogens (tertiary/aromatic N) is 4. The molecule has 1 saturated carbocycles. The topological polar surface area (TPSA) is 100 Å². The Kier molecular flexibility index (Phi) is 8.88. The zero-order valence-corrected chi connectivity index (χ0v) is 21.7. The molecule has 1 aromatic carbocycles. The molecular formula is C28H32F3N5O3. The maximum atomic E-state index is 13.0. The van der Waals surface area contributed by atoms with Gasteiger partial charge < -0.3 is 15.3 Å². The van der Waals surface area contributed by atoms with Crippen molar-refractivity contribution in [3.8, 4) is 5.69 Å². The van der Waals surface area contributed by atoms with Crippen LogP contribution >= 0.6 is 0 Å². The molecule has 39 heavy (non-hydrogen) atoms. The first-order chi connectivity index (χ1) is 18.6. The molecule has 3 aromatic rings. The van der Waals surface area contributed by atoms with Crippen molar-refractivity contribution >= 4 is 17.7 Å². The maximum absolute atomic E-state index is 13.0. The molecule has 0 bridgehead atoms. The highest BCUT2D eigenvalue weighted by atomic mass is 19.4. The van der Waals surface area contributed by atoms with E-state index >= 15 is 0 Å². The summed E-state index contributed by atoms with van der Waals surface area (Å²) < 4.78 is 40.2. The zero-order valence-electron chi connectivity index (χ0n) is 21.7. The highest BCUT2D eigenvalue weighted by Crippen LogP contribution is 2.31. The normalized spacial score (nSPS) is 14.3. The summed E-state index contributed by atoms with van der Waals surface area (Å²) in [4.78, 5) is 29.9. The summed E-state index contributed by atoms with van der Waals surface area (Å²) in [6, 6.07) is 9.33. The van der Waals surface area contributed by atoms with Crippen LogP contribution in [0, 0.1) is 6.92 Å². The number of anilines is 1. The third-order valence-electron chi connectivity index (χ3n) is 7.01. The highest BCUT2D eigenvalue weighted by molar-refractivity contribution is 5.94. The number of carboxylic acids is 1. The number of carbonyl (C=O) groups excluding carboxylic acids is 1. The number of nitrogens with one attached hydrogen (secondary N) is 1. The first-order valence-corrected chi connectivity index (χ1v) is 13.1. The molecule has 0 spiro atoms. The zero-order chi connectivity index (χ0) is 28.0. The van der Waals surface area contributed by atoms with E-state index in [-0.39, 0.29) is 24.9 Å². The van der Waals surface area contributed by atoms with Crippen molar-refractivity contribution < 1.29 is 27.9 Å². The van der Waals surface area contributed by atoms with Crippen molar-refractivity contribution in [1.29, 1.82) is 0 Å². The molecule has 0 radical (unpaired) electrons. The summed E-state index contributed by atoms with van der Waals surface area (Å²) in [5.74, 6) is -0.461. The number of carbonyl (C=O) groups is 2. The fourth-order valence-electron chi connectivity index (χ4n) is 4.82. The van der Waals surface area contributed by atoms with Gasteiger partial charge in [-0.15, -0.1) is 0 Å². The van der Waals surface area contributed by atoms with Gasteiger partial charge in [-0.25, -0.2) is 9.67 Å². The lowest BCUT2D eigenvalue weighted by molar-refractivity contribution is -0.138. The van der Waals surface area contributed by atoms with Gasteiger partial charge in [-0.1, -0.05) is 25.3 Å². The molecule has 2 heterocycles. The van der Waals surface area contributed by atoms with Crippen molar-refractivity contribution in [2.75, 3.05) is 11.4 Å². The van der Waals surface area contributed by atoms with Crippen LogP contribution in [0.25, 0.3) is 5.69 Å². The second kappa shape index (κ2) is 12.3. The lowest BCUT2D eigenvalue weighted by atomic mass is 9.93. The van der Waals surface area contributed by atoms with Gasteiger partial charge in [0.2, 0.25) is 0 Å². The standard InChI is InChI=1S/C28H32F3N5O3/c1-19-14-24(36-18-22(16-34-36)28(29,30)31)11-9-21(19)17-35(23-6-3-2-4-7-23)25-12-10-20(15-33-25)27(39)32-13-5-8-26(37)38/h9-12,14-16,18,23H,2-8,13,17H2,1H3,(H,32,39)(H,37,38). The number of amides is 1. The van der Waals surface area contributed by atoms with E-state index in [9.17, 15) is 22.8 Å². The van der Waals surface area contributed by atoms with Gasteiger partial charge in [-0.05, 0) is 61.6 Å². The van der Waals surface area contributed by atoms with Crippen molar-refractivity contribution in [2.45, 2.75) is 70.6 Å². The summed E-state index contributed by atoms with van der Waals surface area (Å²) in [6.07, 6.45) is 4.71. The van der Waals surface area contributed by atoms with Gasteiger partial charge in [0, 0.05) is 37.9 Å². The van der Waals surface area contributed by atoms with Crippen molar-refractivity contribution in [3.05, 3.63) is 71.2 Å². The minimum Gasteiger partial charge on any atom is -0.481 e. The van der Waals surface area contributed by atoms with Crippen molar-refractivity contribution in [2.24, 2.45) is 0 Å². The van der Waals surface area contributed by atoms with E-state index in [1.807, 2.05) is 25.1 Å². The molecule has 1 amide bonds. The molecule has 4 rings (SSSR count). The molecule has 2 N–H and O–H groups in total. The molecule has 0 atom stereocenters. The van der Waals surface area contributed by atoms with Crippen LogP contribution in [-0.4, -0.2) is 44.3 Å². The van der Waals surface area contributed by atoms with Gasteiger partial charge in [0.05, 0.1) is 23.0 Å². The number of rotatable bonds is 10. The number of aromatic nitrogens is 3. The van der Waals surface area contributed by atoms with E-state index < -0.39 is 17.7 Å². The first-order valence-electron chi connectivity index (χ1n) is 13.1. The average Bonchev–Trinajstić information content (AvgIpc) is 3.42. The number of benzene rings is 1. The largest absolute Gasteiger partial charge is 0.481 e. The van der Waals surface area contributed by atoms with Crippen LogP contribution in [0.1, 0.15) is 72.0 Å². The molecule has 1 aliphatic rings. The Morgan fingerprint density at radius 3 is 2.51 bits per heavy atom. The minimum atomic E-state index is -4.45. The van der Waals surface area contributed by atoms with E-state index in [1.54, 1.807) is 12.1 Å². The Labute approximate surface area is 224 Å². The Balaban J connectivity index is 1.50. The van der Waals surface area contributed by atoms with E-state index in [0.717, 1.165) is 55.0 Å². The predicted molar refractivity (Wildman–Crippen MR) is 140 cm³/mol. The monoisotopic (exact) mass is 543 g/mol. The van der Waals surface area contributed by atoms with E-state index in [1.165, 1.54) is 17.3 Å². The quantitative estimate of drug-likeness (QED) is 0.326. The third-order valence-corrected chi connectivity index (χ3v) is 7.01. The maximum Gasteiger partial charge on any atom is 0.419 e. The second-order valence-corrected chi connectivity index (χ2v) is 9.86. The lowest BCUT2D eigenvalue weighted by Crippen LogP contribution is -2.37. The van der Waals surface area contributed by atoms with Crippen molar-refractivity contribution in [3.63, 3.8) is 0 Å². The molecule has 1 fully saturated rings. The molecule has 2 aromatic heterocycles. The van der Waals surface area contributed by atoms with E-state index in [0.29, 0.717) is 24.2 Å². The molecule has 11 heteroatoms. The number of aryl methyl sites for hydroxylation is 1. The Morgan fingerprint density at radius 2 is 1.90 bits per heavy atom. The van der Waals surface area contributed by atoms with Crippen LogP contribution < -0.4 is 10.2 Å². The molecule has 1 aliphatic carbocycles. The van der Waals surface area contributed by atoms with Crippen LogP contribution in [0.2, 0.25) is 0 Å².